The Labute approximate surface area is 149 Å². The van der Waals surface area contributed by atoms with Gasteiger partial charge in [-0.1, -0.05) is 58.7 Å². The Bertz CT molecular complexity index is 953. The van der Waals surface area contributed by atoms with Crippen LogP contribution in [0, 0.1) is 0 Å². The van der Waals surface area contributed by atoms with Gasteiger partial charge >= 0.3 is 0 Å². The van der Waals surface area contributed by atoms with Gasteiger partial charge in [0.2, 0.25) is 15.9 Å². The first-order chi connectivity index (χ1) is 11.4. The lowest BCUT2D eigenvalue weighted by molar-refractivity contribution is 0.435. The molecule has 5 nitrogen and oxygen atoms in total. The zero-order valence-electron chi connectivity index (χ0n) is 12.2. The Kier molecular flexibility index (Phi) is 4.80. The van der Waals surface area contributed by atoms with Gasteiger partial charge < -0.3 is 4.52 Å². The maximum atomic E-state index is 12.4. The molecule has 2 aromatic carbocycles. The summed E-state index contributed by atoms with van der Waals surface area (Å²) >= 11 is 11.9. The molecular formula is C16H12Cl2N2O3S. The monoisotopic (exact) mass is 382 g/mol. The highest BCUT2D eigenvalue weighted by molar-refractivity contribution is 7.91. The molecule has 124 valence electrons. The highest BCUT2D eigenvalue weighted by Crippen LogP contribution is 2.30. The molecule has 0 aliphatic rings. The Morgan fingerprint density at radius 3 is 2.46 bits per heavy atom. The topological polar surface area (TPSA) is 72.2 Å². The molecular weight excluding hydrogens is 371 g/mol. The number of hydrogen-bond acceptors (Lipinski definition) is 4. The van der Waals surface area contributed by atoms with E-state index in [-0.39, 0.29) is 11.6 Å². The van der Waals surface area contributed by atoms with Crippen LogP contribution >= 0.6 is 23.2 Å². The molecule has 24 heavy (non-hydrogen) atoms. The highest BCUT2D eigenvalue weighted by Gasteiger charge is 2.19. The Morgan fingerprint density at radius 1 is 1.04 bits per heavy atom. The van der Waals surface area contributed by atoms with E-state index in [1.165, 1.54) is 6.20 Å². The molecule has 0 aliphatic carbocycles. The minimum atomic E-state index is -3.71. The molecule has 1 heterocycles. The van der Waals surface area contributed by atoms with Crippen LogP contribution in [0.15, 0.2) is 59.3 Å². The number of benzene rings is 2. The normalized spacial score (nSPS) is 11.4. The maximum Gasteiger partial charge on any atom is 0.245 e. The lowest BCUT2D eigenvalue weighted by atomic mass is 10.1. The number of aromatic nitrogens is 1. The van der Waals surface area contributed by atoms with Gasteiger partial charge in [0.15, 0.2) is 0 Å². The smallest absolute Gasteiger partial charge is 0.245 e. The first-order valence-electron chi connectivity index (χ1n) is 6.89. The van der Waals surface area contributed by atoms with Gasteiger partial charge in [-0.25, -0.2) is 8.42 Å². The lowest BCUT2D eigenvalue weighted by Gasteiger charge is -2.08. The summed E-state index contributed by atoms with van der Waals surface area (Å²) < 4.78 is 32.2. The van der Waals surface area contributed by atoms with E-state index in [4.69, 9.17) is 27.7 Å². The lowest BCUT2D eigenvalue weighted by Crippen LogP contribution is -2.15. The van der Waals surface area contributed by atoms with Crippen LogP contribution < -0.4 is 4.72 Å². The van der Waals surface area contributed by atoms with Crippen molar-refractivity contribution in [3.05, 3.63) is 70.3 Å². The highest BCUT2D eigenvalue weighted by atomic mass is 35.5. The number of rotatable bonds is 5. The summed E-state index contributed by atoms with van der Waals surface area (Å²) in [4.78, 5) is 0. The fourth-order valence-electron chi connectivity index (χ4n) is 2.15. The van der Waals surface area contributed by atoms with Gasteiger partial charge in [0, 0.05) is 10.0 Å². The predicted molar refractivity (Wildman–Crippen MR) is 94.6 cm³/mol. The van der Waals surface area contributed by atoms with Crippen LogP contribution in [0.4, 0.5) is 5.88 Å². The van der Waals surface area contributed by atoms with Crippen molar-refractivity contribution in [1.29, 1.82) is 0 Å². The van der Waals surface area contributed by atoms with E-state index in [1.807, 2.05) is 0 Å². The van der Waals surface area contributed by atoms with Crippen molar-refractivity contribution in [2.45, 2.75) is 5.75 Å². The SMILES string of the molecule is O=S(=O)(Cc1ccccc1Cl)Nc1oncc1-c1ccc(Cl)cc1. The quantitative estimate of drug-likeness (QED) is 0.700. The van der Waals surface area contributed by atoms with Crippen molar-refractivity contribution in [3.63, 3.8) is 0 Å². The summed E-state index contributed by atoms with van der Waals surface area (Å²) in [6.45, 7) is 0. The van der Waals surface area contributed by atoms with E-state index >= 15 is 0 Å². The Balaban J connectivity index is 1.85. The number of sulfonamides is 1. The number of halogens is 2. The van der Waals surface area contributed by atoms with Gasteiger partial charge in [-0.2, -0.15) is 0 Å². The van der Waals surface area contributed by atoms with Crippen molar-refractivity contribution in [2.24, 2.45) is 0 Å². The maximum absolute atomic E-state index is 12.4. The van der Waals surface area contributed by atoms with E-state index in [9.17, 15) is 8.42 Å². The van der Waals surface area contributed by atoms with Gasteiger partial charge in [0.25, 0.3) is 0 Å². The van der Waals surface area contributed by atoms with E-state index in [2.05, 4.69) is 9.88 Å². The third kappa shape index (κ3) is 3.90. The minimum Gasteiger partial charge on any atom is -0.337 e. The zero-order valence-corrected chi connectivity index (χ0v) is 14.6. The van der Waals surface area contributed by atoms with Crippen molar-refractivity contribution in [2.75, 3.05) is 4.72 Å². The average Bonchev–Trinajstić information content (AvgIpc) is 2.97. The first kappa shape index (κ1) is 16.8. The van der Waals surface area contributed by atoms with Crippen LogP contribution in [0.5, 0.6) is 0 Å². The zero-order chi connectivity index (χ0) is 17.2. The van der Waals surface area contributed by atoms with E-state index in [0.29, 0.717) is 21.2 Å². The molecule has 0 spiro atoms. The summed E-state index contributed by atoms with van der Waals surface area (Å²) in [5.74, 6) is -0.225. The van der Waals surface area contributed by atoms with E-state index in [0.717, 1.165) is 5.56 Å². The van der Waals surface area contributed by atoms with Crippen LogP contribution in [0.2, 0.25) is 10.0 Å². The first-order valence-corrected chi connectivity index (χ1v) is 9.30. The fraction of sp³-hybridized carbons (Fsp3) is 0.0625. The summed E-state index contributed by atoms with van der Waals surface area (Å²) in [7, 11) is -3.71. The predicted octanol–water partition coefficient (Wildman–Crippen LogP) is 4.59. The Hall–Kier alpha value is -2.02. The van der Waals surface area contributed by atoms with Crippen LogP contribution in [0.3, 0.4) is 0 Å². The van der Waals surface area contributed by atoms with Gasteiger partial charge in [-0.05, 0) is 29.3 Å². The van der Waals surface area contributed by atoms with E-state index < -0.39 is 10.0 Å². The van der Waals surface area contributed by atoms with Crippen LogP contribution in [-0.2, 0) is 15.8 Å². The van der Waals surface area contributed by atoms with Crippen LogP contribution in [0.25, 0.3) is 11.1 Å². The molecule has 3 aromatic rings. The van der Waals surface area contributed by atoms with Gasteiger partial charge in [-0.15, -0.1) is 0 Å². The molecule has 3 rings (SSSR count). The van der Waals surface area contributed by atoms with Crippen LogP contribution in [-0.4, -0.2) is 13.6 Å². The molecule has 0 radical (unpaired) electrons. The van der Waals surface area contributed by atoms with Crippen molar-refractivity contribution < 1.29 is 12.9 Å². The molecule has 0 unspecified atom stereocenters. The standard InChI is InChI=1S/C16H12Cl2N2O3S/c17-13-7-5-11(6-8-13)14-9-19-23-16(14)20-24(21,22)10-12-3-1-2-4-15(12)18/h1-9,20H,10H2. The molecule has 1 aromatic heterocycles. The summed E-state index contributed by atoms with van der Waals surface area (Å²) in [6.07, 6.45) is 1.44. The summed E-state index contributed by atoms with van der Waals surface area (Å²) in [5, 5.41) is 4.64. The molecule has 0 saturated heterocycles. The molecule has 0 bridgehead atoms. The molecule has 0 aliphatic heterocycles. The fourth-order valence-corrected chi connectivity index (χ4v) is 3.72. The van der Waals surface area contributed by atoms with Crippen LogP contribution in [0.1, 0.15) is 5.56 Å². The molecule has 8 heteroatoms. The van der Waals surface area contributed by atoms with Gasteiger partial charge in [0.05, 0.1) is 17.5 Å². The molecule has 0 amide bonds. The molecule has 0 atom stereocenters. The largest absolute Gasteiger partial charge is 0.337 e. The van der Waals surface area contributed by atoms with Crippen molar-refractivity contribution in [3.8, 4) is 11.1 Å². The number of anilines is 1. The second kappa shape index (κ2) is 6.84. The average molecular weight is 383 g/mol. The van der Waals surface area contributed by atoms with Gasteiger partial charge in [0.1, 0.15) is 0 Å². The van der Waals surface area contributed by atoms with Crippen molar-refractivity contribution in [1.82, 2.24) is 5.16 Å². The Morgan fingerprint density at radius 2 is 1.75 bits per heavy atom. The third-order valence-corrected chi connectivity index (χ3v) is 5.09. The summed E-state index contributed by atoms with van der Waals surface area (Å²) in [5.41, 5.74) is 1.75. The number of hydrogen-bond donors (Lipinski definition) is 1. The second-order valence-corrected chi connectivity index (χ2v) is 7.59. The third-order valence-electron chi connectivity index (χ3n) is 3.28. The molecule has 0 saturated carbocycles. The second-order valence-electron chi connectivity index (χ2n) is 5.03. The molecule has 0 fully saturated rings. The minimum absolute atomic E-state index is 0.0457. The summed E-state index contributed by atoms with van der Waals surface area (Å²) in [6, 6.07) is 13.7. The number of nitrogens with zero attached hydrogens (tertiary/aromatic N) is 1. The van der Waals surface area contributed by atoms with Crippen molar-refractivity contribution >= 4 is 39.1 Å². The molecule has 1 N–H and O–H groups in total. The number of nitrogens with one attached hydrogen (secondary N) is 1. The van der Waals surface area contributed by atoms with Gasteiger partial charge in [-0.3, -0.25) is 4.72 Å². The van der Waals surface area contributed by atoms with E-state index in [1.54, 1.807) is 48.5 Å².